The van der Waals surface area contributed by atoms with Crippen LogP contribution in [0.1, 0.15) is 18.4 Å². The summed E-state index contributed by atoms with van der Waals surface area (Å²) in [6.45, 7) is 1.27. The molecule has 18 heavy (non-hydrogen) atoms. The van der Waals surface area contributed by atoms with E-state index in [0.29, 0.717) is 19.5 Å². The molecular formula is C13H20N4O. The van der Waals surface area contributed by atoms with Crippen LogP contribution in [0.2, 0.25) is 0 Å². The van der Waals surface area contributed by atoms with E-state index in [1.54, 1.807) is 0 Å². The van der Waals surface area contributed by atoms with Crippen LogP contribution in [0.25, 0.3) is 0 Å². The number of hydrogen-bond donors (Lipinski definition) is 3. The molecule has 0 aliphatic carbocycles. The third-order valence-electron chi connectivity index (χ3n) is 2.41. The predicted molar refractivity (Wildman–Crippen MR) is 73.1 cm³/mol. The van der Waals surface area contributed by atoms with Crippen molar-refractivity contribution >= 4 is 11.9 Å². The molecule has 0 radical (unpaired) electrons. The Balaban J connectivity index is 2.09. The quantitative estimate of drug-likeness (QED) is 0.370. The van der Waals surface area contributed by atoms with Crippen molar-refractivity contribution in [1.82, 2.24) is 5.32 Å². The summed E-state index contributed by atoms with van der Waals surface area (Å²) >= 11 is 0. The highest BCUT2D eigenvalue weighted by Gasteiger charge is 2.01. The molecule has 0 fully saturated rings. The molecule has 5 heteroatoms. The Bertz CT molecular complexity index is 385. The molecule has 0 spiro atoms. The van der Waals surface area contributed by atoms with Gasteiger partial charge < -0.3 is 16.8 Å². The molecule has 0 heterocycles. The zero-order chi connectivity index (χ0) is 13.2. The van der Waals surface area contributed by atoms with Gasteiger partial charge in [0, 0.05) is 13.1 Å². The van der Waals surface area contributed by atoms with E-state index in [1.165, 1.54) is 0 Å². The lowest BCUT2D eigenvalue weighted by atomic mass is 10.1. The first-order valence-corrected chi connectivity index (χ1v) is 6.04. The Labute approximate surface area is 107 Å². The van der Waals surface area contributed by atoms with Gasteiger partial charge in [0.25, 0.3) is 0 Å². The predicted octanol–water partition coefficient (Wildman–Crippen LogP) is 0.399. The molecule has 1 amide bonds. The Morgan fingerprint density at radius 2 is 1.89 bits per heavy atom. The van der Waals surface area contributed by atoms with Crippen LogP contribution in [0.5, 0.6) is 0 Å². The summed E-state index contributed by atoms with van der Waals surface area (Å²) in [5.41, 5.74) is 11.4. The van der Waals surface area contributed by atoms with Gasteiger partial charge in [-0.15, -0.1) is 0 Å². The maximum Gasteiger partial charge on any atom is 0.224 e. The molecule has 0 atom stereocenters. The van der Waals surface area contributed by atoms with Crippen LogP contribution < -0.4 is 16.8 Å². The summed E-state index contributed by atoms with van der Waals surface area (Å²) in [5.74, 6) is 0.158. The van der Waals surface area contributed by atoms with Crippen molar-refractivity contribution in [1.29, 1.82) is 0 Å². The zero-order valence-electron chi connectivity index (χ0n) is 10.4. The number of rotatable bonds is 7. The number of nitrogens with two attached hydrogens (primary N) is 2. The van der Waals surface area contributed by atoms with Gasteiger partial charge in [-0.2, -0.15) is 0 Å². The average molecular weight is 248 g/mol. The van der Waals surface area contributed by atoms with Crippen molar-refractivity contribution in [2.45, 2.75) is 19.3 Å². The fraction of sp³-hybridized carbons (Fsp3) is 0.385. The van der Waals surface area contributed by atoms with Gasteiger partial charge in [-0.3, -0.25) is 9.79 Å². The minimum atomic E-state index is 0.0445. The fourth-order valence-electron chi connectivity index (χ4n) is 1.52. The minimum Gasteiger partial charge on any atom is -0.370 e. The van der Waals surface area contributed by atoms with E-state index in [0.717, 1.165) is 18.4 Å². The smallest absolute Gasteiger partial charge is 0.224 e. The third kappa shape index (κ3) is 6.52. The molecule has 0 saturated heterocycles. The molecule has 5 N–H and O–H groups in total. The first-order valence-electron chi connectivity index (χ1n) is 6.04. The Kier molecular flexibility index (Phi) is 6.32. The lowest BCUT2D eigenvalue weighted by molar-refractivity contribution is -0.120. The molecular weight excluding hydrogens is 228 g/mol. The number of amides is 1. The van der Waals surface area contributed by atoms with Crippen molar-refractivity contribution in [3.63, 3.8) is 0 Å². The normalized spacial score (nSPS) is 9.78. The van der Waals surface area contributed by atoms with Crippen LogP contribution in [0, 0.1) is 0 Å². The summed E-state index contributed by atoms with van der Waals surface area (Å²) < 4.78 is 0. The van der Waals surface area contributed by atoms with Gasteiger partial charge in [-0.1, -0.05) is 30.3 Å². The van der Waals surface area contributed by atoms with Crippen molar-refractivity contribution in [2.75, 3.05) is 13.1 Å². The number of carbonyl (C=O) groups is 1. The molecule has 5 nitrogen and oxygen atoms in total. The monoisotopic (exact) mass is 248 g/mol. The van der Waals surface area contributed by atoms with Crippen LogP contribution in [-0.4, -0.2) is 25.0 Å². The van der Waals surface area contributed by atoms with Crippen molar-refractivity contribution in [3.05, 3.63) is 35.9 Å². The second kappa shape index (κ2) is 8.11. The summed E-state index contributed by atoms with van der Waals surface area (Å²) in [7, 11) is 0. The lowest BCUT2D eigenvalue weighted by Crippen LogP contribution is -2.26. The van der Waals surface area contributed by atoms with Crippen LogP contribution in [0.15, 0.2) is 35.3 Å². The molecule has 1 rings (SSSR count). The van der Waals surface area contributed by atoms with Gasteiger partial charge >= 0.3 is 0 Å². The van der Waals surface area contributed by atoms with E-state index in [9.17, 15) is 4.79 Å². The van der Waals surface area contributed by atoms with E-state index in [4.69, 9.17) is 11.5 Å². The molecule has 1 aromatic carbocycles. The molecule has 98 valence electrons. The van der Waals surface area contributed by atoms with E-state index < -0.39 is 0 Å². The molecule has 0 aromatic heterocycles. The highest BCUT2D eigenvalue weighted by molar-refractivity contribution is 5.78. The van der Waals surface area contributed by atoms with Gasteiger partial charge in [0.2, 0.25) is 5.91 Å². The zero-order valence-corrected chi connectivity index (χ0v) is 10.4. The van der Waals surface area contributed by atoms with Gasteiger partial charge in [-0.25, -0.2) is 0 Å². The topological polar surface area (TPSA) is 93.5 Å². The highest BCUT2D eigenvalue weighted by atomic mass is 16.1. The van der Waals surface area contributed by atoms with E-state index >= 15 is 0 Å². The second-order valence-corrected chi connectivity index (χ2v) is 4.03. The summed E-state index contributed by atoms with van der Waals surface area (Å²) in [6.07, 6.45) is 2.16. The van der Waals surface area contributed by atoms with Crippen molar-refractivity contribution in [2.24, 2.45) is 16.5 Å². The number of nitrogens with zero attached hydrogens (tertiary/aromatic N) is 1. The van der Waals surface area contributed by atoms with Gasteiger partial charge in [0.15, 0.2) is 5.96 Å². The van der Waals surface area contributed by atoms with Crippen LogP contribution >= 0.6 is 0 Å². The van der Waals surface area contributed by atoms with Gasteiger partial charge in [-0.05, 0) is 18.4 Å². The van der Waals surface area contributed by atoms with E-state index in [-0.39, 0.29) is 11.9 Å². The number of nitrogens with one attached hydrogen (secondary N) is 1. The summed E-state index contributed by atoms with van der Waals surface area (Å²) in [6, 6.07) is 9.68. The molecule has 0 saturated carbocycles. The molecule has 0 aliphatic rings. The summed E-state index contributed by atoms with van der Waals surface area (Å²) in [4.78, 5) is 15.4. The lowest BCUT2D eigenvalue weighted by Gasteiger charge is -2.04. The van der Waals surface area contributed by atoms with Crippen LogP contribution in [0.4, 0.5) is 0 Å². The Morgan fingerprint density at radius 3 is 2.56 bits per heavy atom. The fourth-order valence-corrected chi connectivity index (χ4v) is 1.52. The van der Waals surface area contributed by atoms with Crippen LogP contribution in [-0.2, 0) is 11.2 Å². The highest BCUT2D eigenvalue weighted by Crippen LogP contribution is 1.99. The third-order valence-corrected chi connectivity index (χ3v) is 2.41. The van der Waals surface area contributed by atoms with E-state index in [2.05, 4.69) is 10.3 Å². The number of guanidine groups is 1. The maximum absolute atomic E-state index is 11.6. The number of hydrogen-bond acceptors (Lipinski definition) is 2. The molecule has 0 unspecified atom stereocenters. The Morgan fingerprint density at radius 1 is 1.17 bits per heavy atom. The van der Waals surface area contributed by atoms with Gasteiger partial charge in [0.05, 0.1) is 6.42 Å². The minimum absolute atomic E-state index is 0.0445. The number of carbonyl (C=O) groups excluding carboxylic acids is 1. The molecule has 0 bridgehead atoms. The first kappa shape index (κ1) is 14.0. The summed E-state index contributed by atoms with van der Waals surface area (Å²) in [5, 5.41) is 2.87. The largest absolute Gasteiger partial charge is 0.370 e. The first-order chi connectivity index (χ1) is 8.68. The van der Waals surface area contributed by atoms with E-state index in [1.807, 2.05) is 30.3 Å². The molecule has 0 aliphatic heterocycles. The van der Waals surface area contributed by atoms with Crippen molar-refractivity contribution in [3.8, 4) is 0 Å². The maximum atomic E-state index is 11.6. The number of aliphatic imine (C=N–C) groups is 1. The number of unbranched alkanes of at least 4 members (excludes halogenated alkanes) is 1. The second-order valence-electron chi connectivity index (χ2n) is 4.03. The Hall–Kier alpha value is -2.04. The molecule has 1 aromatic rings. The standard InChI is InChI=1S/C13H20N4O/c14-13(15)17-9-5-4-8-16-12(18)10-11-6-2-1-3-7-11/h1-3,6-7H,4-5,8-10H2,(H,16,18)(H4,14,15,17). The average Bonchev–Trinajstić information content (AvgIpc) is 2.34. The SMILES string of the molecule is NC(N)=NCCCCNC(=O)Cc1ccccc1. The van der Waals surface area contributed by atoms with Gasteiger partial charge in [0.1, 0.15) is 0 Å². The number of benzene rings is 1. The van der Waals surface area contributed by atoms with Crippen molar-refractivity contribution < 1.29 is 4.79 Å². The van der Waals surface area contributed by atoms with Crippen LogP contribution in [0.3, 0.4) is 0 Å².